The van der Waals surface area contributed by atoms with Crippen LogP contribution in [0.4, 0.5) is 0 Å². The van der Waals surface area contributed by atoms with E-state index >= 15 is 0 Å². The Kier molecular flexibility index (Phi) is 11.0. The Morgan fingerprint density at radius 3 is 1.71 bits per heavy atom. The van der Waals surface area contributed by atoms with Gasteiger partial charge >= 0.3 is 0 Å². The highest BCUT2D eigenvalue weighted by Crippen LogP contribution is 2.11. The fourth-order valence-electron chi connectivity index (χ4n) is 1.64. The summed E-state index contributed by atoms with van der Waals surface area (Å²) in [6, 6.07) is 0. The summed E-state index contributed by atoms with van der Waals surface area (Å²) >= 11 is 2.43. The first-order valence-electron chi connectivity index (χ1n) is 6.57. The molecule has 0 heterocycles. The number of alkyl halides is 1. The lowest BCUT2D eigenvalue weighted by atomic mass is 10.1. The maximum atomic E-state index is 2.43. The van der Waals surface area contributed by atoms with Crippen LogP contribution in [0.3, 0.4) is 0 Å². The van der Waals surface area contributed by atoms with Gasteiger partial charge in [0.25, 0.3) is 0 Å². The molecule has 0 aromatic rings. The smallest absolute Gasteiger partial charge is 0.00300 e. The van der Waals surface area contributed by atoms with Crippen molar-refractivity contribution >= 4 is 22.6 Å². The van der Waals surface area contributed by atoms with Crippen molar-refractivity contribution in [1.29, 1.82) is 0 Å². The highest BCUT2D eigenvalue weighted by Gasteiger charge is 1.91. The molecule has 0 aromatic carbocycles. The Labute approximate surface area is 121 Å². The zero-order chi connectivity index (χ0) is 13.1. The van der Waals surface area contributed by atoms with Crippen LogP contribution in [0.5, 0.6) is 0 Å². The predicted molar refractivity (Wildman–Crippen MR) is 88.9 cm³/mol. The molecule has 0 bridgehead atoms. The third kappa shape index (κ3) is 12.2. The van der Waals surface area contributed by atoms with Crippen LogP contribution < -0.4 is 0 Å². The first-order valence-corrected chi connectivity index (χ1v) is 8.09. The number of rotatable bonds is 8. The zero-order valence-electron chi connectivity index (χ0n) is 11.9. The SMILES string of the molecule is CC(C)=CCCC(C)=CCCC(C)=CCCI. The van der Waals surface area contributed by atoms with E-state index in [2.05, 4.69) is 68.5 Å². The topological polar surface area (TPSA) is 0 Å². The molecular weight excluding hydrogens is 319 g/mol. The molecule has 0 rings (SSSR count). The monoisotopic (exact) mass is 346 g/mol. The van der Waals surface area contributed by atoms with E-state index in [0.717, 1.165) is 0 Å². The Hall–Kier alpha value is -0.0500. The molecule has 0 radical (unpaired) electrons. The van der Waals surface area contributed by atoms with Crippen LogP contribution in [0, 0.1) is 0 Å². The second-order valence-corrected chi connectivity index (χ2v) is 6.02. The molecule has 0 atom stereocenters. The van der Waals surface area contributed by atoms with Crippen molar-refractivity contribution in [2.75, 3.05) is 4.43 Å². The van der Waals surface area contributed by atoms with Crippen LogP contribution >= 0.6 is 22.6 Å². The summed E-state index contributed by atoms with van der Waals surface area (Å²) in [5, 5.41) is 0. The third-order valence-corrected chi connectivity index (χ3v) is 3.35. The Balaban J connectivity index is 3.80. The maximum Gasteiger partial charge on any atom is 0.00300 e. The number of halogens is 1. The summed E-state index contributed by atoms with van der Waals surface area (Å²) < 4.78 is 1.23. The van der Waals surface area contributed by atoms with Gasteiger partial charge in [-0.1, -0.05) is 57.5 Å². The van der Waals surface area contributed by atoms with Gasteiger partial charge in [0.15, 0.2) is 0 Å². The Morgan fingerprint density at radius 1 is 0.765 bits per heavy atom. The van der Waals surface area contributed by atoms with E-state index < -0.39 is 0 Å². The minimum atomic E-state index is 1.19. The second kappa shape index (κ2) is 11.1. The molecule has 0 nitrogen and oxygen atoms in total. The first kappa shape index (κ1) is 16.9. The van der Waals surface area contributed by atoms with Crippen LogP contribution in [0.15, 0.2) is 34.9 Å². The average molecular weight is 346 g/mol. The van der Waals surface area contributed by atoms with Gasteiger partial charge in [0.2, 0.25) is 0 Å². The summed E-state index contributed by atoms with van der Waals surface area (Å²) in [4.78, 5) is 0. The molecule has 0 N–H and O–H groups in total. The van der Waals surface area contributed by atoms with Crippen molar-refractivity contribution in [3.8, 4) is 0 Å². The largest absolute Gasteiger partial charge is 0.0860 e. The highest BCUT2D eigenvalue weighted by molar-refractivity contribution is 14.1. The number of hydrogen-bond acceptors (Lipinski definition) is 0. The van der Waals surface area contributed by atoms with E-state index in [0.29, 0.717) is 0 Å². The summed E-state index contributed by atoms with van der Waals surface area (Å²) in [7, 11) is 0. The van der Waals surface area contributed by atoms with Gasteiger partial charge in [-0.2, -0.15) is 0 Å². The van der Waals surface area contributed by atoms with Gasteiger partial charge in [-0.15, -0.1) is 0 Å². The summed E-state index contributed by atoms with van der Waals surface area (Å²) in [6.07, 6.45) is 13.1. The number of hydrogen-bond donors (Lipinski definition) is 0. The zero-order valence-corrected chi connectivity index (χ0v) is 14.0. The van der Waals surface area contributed by atoms with Gasteiger partial charge in [0, 0.05) is 4.43 Å². The van der Waals surface area contributed by atoms with Crippen molar-refractivity contribution in [3.05, 3.63) is 34.9 Å². The third-order valence-electron chi connectivity index (χ3n) is 2.72. The molecule has 0 aliphatic heterocycles. The van der Waals surface area contributed by atoms with E-state index in [1.807, 2.05) is 0 Å². The second-order valence-electron chi connectivity index (χ2n) is 4.94. The molecule has 0 unspecified atom stereocenters. The molecule has 1 heteroatoms. The summed E-state index contributed by atoms with van der Waals surface area (Å²) in [5.41, 5.74) is 4.49. The lowest BCUT2D eigenvalue weighted by Crippen LogP contribution is -1.81. The van der Waals surface area contributed by atoms with Gasteiger partial charge in [-0.05, 0) is 59.8 Å². The van der Waals surface area contributed by atoms with Crippen LogP contribution in [0.2, 0.25) is 0 Å². The van der Waals surface area contributed by atoms with Gasteiger partial charge in [-0.3, -0.25) is 0 Å². The molecule has 0 saturated carbocycles. The van der Waals surface area contributed by atoms with Gasteiger partial charge < -0.3 is 0 Å². The number of allylic oxidation sites excluding steroid dienone is 6. The van der Waals surface area contributed by atoms with Crippen LogP contribution in [0.1, 0.15) is 59.8 Å². The predicted octanol–water partition coefficient (Wildman–Crippen LogP) is 6.23. The van der Waals surface area contributed by atoms with Gasteiger partial charge in [-0.25, -0.2) is 0 Å². The molecule has 0 aromatic heterocycles. The molecule has 0 aliphatic rings. The molecule has 0 amide bonds. The Bertz CT molecular complexity index is 278. The molecule has 0 saturated heterocycles. The van der Waals surface area contributed by atoms with Crippen molar-refractivity contribution < 1.29 is 0 Å². The van der Waals surface area contributed by atoms with Crippen molar-refractivity contribution in [1.82, 2.24) is 0 Å². The molecular formula is C16H27I. The van der Waals surface area contributed by atoms with Crippen LogP contribution in [0.25, 0.3) is 0 Å². The van der Waals surface area contributed by atoms with Crippen molar-refractivity contribution in [2.24, 2.45) is 0 Å². The highest BCUT2D eigenvalue weighted by atomic mass is 127. The standard InChI is InChI=1S/C16H27I/c1-14(2)8-5-9-15(3)10-6-11-16(4)12-7-13-17/h8,10,12H,5-7,9,11,13H2,1-4H3. The quantitative estimate of drug-likeness (QED) is 0.278. The summed E-state index contributed by atoms with van der Waals surface area (Å²) in [5.74, 6) is 0. The van der Waals surface area contributed by atoms with E-state index in [-0.39, 0.29) is 0 Å². The average Bonchev–Trinajstić information content (AvgIpc) is 2.25. The first-order chi connectivity index (χ1) is 8.06. The lowest BCUT2D eigenvalue weighted by molar-refractivity contribution is 0.914. The van der Waals surface area contributed by atoms with Crippen LogP contribution in [-0.4, -0.2) is 4.43 Å². The molecule has 17 heavy (non-hydrogen) atoms. The molecule has 98 valence electrons. The van der Waals surface area contributed by atoms with Gasteiger partial charge in [0.1, 0.15) is 0 Å². The molecule has 0 aliphatic carbocycles. The fraction of sp³-hybridized carbons (Fsp3) is 0.625. The molecule has 0 fully saturated rings. The van der Waals surface area contributed by atoms with Crippen molar-refractivity contribution in [3.63, 3.8) is 0 Å². The minimum Gasteiger partial charge on any atom is -0.0860 e. The fourth-order valence-corrected chi connectivity index (χ4v) is 1.95. The normalized spacial score (nSPS) is 12.8. The van der Waals surface area contributed by atoms with E-state index in [1.54, 1.807) is 0 Å². The maximum absolute atomic E-state index is 2.43. The minimum absolute atomic E-state index is 1.19. The van der Waals surface area contributed by atoms with E-state index in [4.69, 9.17) is 0 Å². The van der Waals surface area contributed by atoms with E-state index in [9.17, 15) is 0 Å². The Morgan fingerprint density at radius 2 is 1.24 bits per heavy atom. The van der Waals surface area contributed by atoms with Gasteiger partial charge in [0.05, 0.1) is 0 Å². The van der Waals surface area contributed by atoms with Crippen LogP contribution in [-0.2, 0) is 0 Å². The van der Waals surface area contributed by atoms with Crippen molar-refractivity contribution in [2.45, 2.75) is 59.8 Å². The molecule has 0 spiro atoms. The summed E-state index contributed by atoms with van der Waals surface area (Å²) in [6.45, 7) is 8.84. The lowest BCUT2D eigenvalue weighted by Gasteiger charge is -2.01. The van der Waals surface area contributed by atoms with E-state index in [1.165, 1.54) is 53.3 Å².